The Hall–Kier alpha value is -1.79. The zero-order valence-corrected chi connectivity index (χ0v) is 17.3. The van der Waals surface area contributed by atoms with E-state index in [4.69, 9.17) is 5.11 Å². The second-order valence-corrected chi connectivity index (χ2v) is 7.43. The normalized spacial score (nSPS) is 16.9. The largest absolute Gasteiger partial charge is 0.438 e. The fraction of sp³-hybridized carbons (Fsp3) is 1.00. The predicted molar refractivity (Wildman–Crippen MR) is 72.2 cm³/mol. The zero-order chi connectivity index (χ0) is 33.4. The topological polar surface area (TPSA) is 20.2 Å². The predicted octanol–water partition coefficient (Wildman–Crippen LogP) is 7.92. The molecule has 0 aromatic rings. The second kappa shape index (κ2) is 9.36. The van der Waals surface area contributed by atoms with E-state index in [1.165, 1.54) is 0 Å². The highest BCUT2D eigenvalue weighted by atomic mass is 19.4. The van der Waals surface area contributed by atoms with Gasteiger partial charge in [-0.1, -0.05) is 0 Å². The van der Waals surface area contributed by atoms with E-state index in [-0.39, 0.29) is 0 Å². The summed E-state index contributed by atoms with van der Waals surface area (Å²) in [6.45, 7) is -2.43. The lowest BCUT2D eigenvalue weighted by molar-refractivity contribution is -0.484. The van der Waals surface area contributed by atoms with E-state index in [9.17, 15) is 110 Å². The molecule has 0 aliphatic rings. The molecular weight excluding hydrogens is 659 g/mol. The van der Waals surface area contributed by atoms with Crippen molar-refractivity contribution in [2.75, 3.05) is 6.61 Å². The van der Waals surface area contributed by atoms with Gasteiger partial charge in [0.2, 0.25) is 0 Å². The molecule has 0 atom stereocenters. The molecule has 0 heterocycles. The van der Waals surface area contributed by atoms with Gasteiger partial charge in [-0.25, -0.2) is 4.39 Å². The minimum atomic E-state index is -9.66. The van der Waals surface area contributed by atoms with Crippen LogP contribution < -0.4 is 0 Å². The first kappa shape index (κ1) is 38.2. The van der Waals surface area contributed by atoms with Gasteiger partial charge >= 0.3 is 71.3 Å². The zero-order valence-electron chi connectivity index (χ0n) is 17.3. The van der Waals surface area contributed by atoms with E-state index in [1.807, 2.05) is 0 Å². The highest BCUT2D eigenvalue weighted by Gasteiger charge is 3.00. The third-order valence-corrected chi connectivity index (χ3v) is 4.86. The number of aliphatic hydroxyl groups excluding tert-OH is 1. The summed E-state index contributed by atoms with van der Waals surface area (Å²) in [6.07, 6.45) is -20.4. The lowest BCUT2D eigenvalue weighted by Crippen LogP contribution is -2.79. The van der Waals surface area contributed by atoms with E-state index < -0.39 is 84.4 Å². The third-order valence-electron chi connectivity index (χ3n) is 4.86. The molecule has 26 heteroatoms. The Morgan fingerprint density at radius 1 is 0.300 bits per heavy atom. The SMILES string of the molecule is OCCC(F)(F)C(F)(F)C(F)(F)C(F)(F)C(F)(F)C(F)(F)C(F)(F)C(F)(F)C(F)(F)C(F)(C(F)(F)F)C(F)(F)F. The van der Waals surface area contributed by atoms with Crippen LogP contribution in [0.15, 0.2) is 0 Å². The summed E-state index contributed by atoms with van der Waals surface area (Å²) in [7, 11) is 0. The van der Waals surface area contributed by atoms with Crippen LogP contribution in [0.2, 0.25) is 0 Å². The van der Waals surface area contributed by atoms with E-state index in [0.29, 0.717) is 0 Å². The first-order valence-corrected chi connectivity index (χ1v) is 8.64. The Morgan fingerprint density at radius 2 is 0.500 bits per heavy atom. The summed E-state index contributed by atoms with van der Waals surface area (Å²) in [4.78, 5) is 0. The maximum Gasteiger partial charge on any atom is 0.438 e. The molecule has 0 saturated heterocycles. The van der Waals surface area contributed by atoms with Crippen LogP contribution in [0.1, 0.15) is 6.42 Å². The first-order chi connectivity index (χ1) is 16.8. The van der Waals surface area contributed by atoms with Gasteiger partial charge in [0.25, 0.3) is 0 Å². The molecule has 0 aromatic carbocycles. The highest BCUT2D eigenvalue weighted by molar-refractivity contribution is 5.21. The summed E-state index contributed by atoms with van der Waals surface area (Å²) in [5, 5.41) is 8.02. The monoisotopic (exact) mass is 664 g/mol. The summed E-state index contributed by atoms with van der Waals surface area (Å²) in [6, 6.07) is 0. The molecule has 0 aliphatic carbocycles. The lowest BCUT2D eigenvalue weighted by Gasteiger charge is -2.46. The Bertz CT molecular complexity index is 891. The Labute approximate surface area is 200 Å². The van der Waals surface area contributed by atoms with E-state index >= 15 is 0 Å². The number of alkyl halides is 25. The summed E-state index contributed by atoms with van der Waals surface area (Å²) in [5.41, 5.74) is -9.13. The summed E-state index contributed by atoms with van der Waals surface area (Å²) in [5.74, 6) is -81.1. The van der Waals surface area contributed by atoms with Gasteiger partial charge in [-0.05, 0) is 0 Å². The van der Waals surface area contributed by atoms with Crippen LogP contribution >= 0.6 is 0 Å². The molecule has 0 saturated carbocycles. The van der Waals surface area contributed by atoms with Crippen molar-refractivity contribution in [2.24, 2.45) is 0 Å². The molecule has 0 amide bonds. The van der Waals surface area contributed by atoms with Crippen molar-refractivity contribution in [3.05, 3.63) is 0 Å². The fourth-order valence-corrected chi connectivity index (χ4v) is 2.44. The molecule has 0 rings (SSSR count). The van der Waals surface area contributed by atoms with Crippen molar-refractivity contribution in [1.29, 1.82) is 0 Å². The van der Waals surface area contributed by atoms with Gasteiger partial charge in [0.1, 0.15) is 0 Å². The van der Waals surface area contributed by atoms with E-state index in [2.05, 4.69) is 0 Å². The van der Waals surface area contributed by atoms with Crippen LogP contribution in [0.5, 0.6) is 0 Å². The van der Waals surface area contributed by atoms with Crippen molar-refractivity contribution in [1.82, 2.24) is 0 Å². The van der Waals surface area contributed by atoms with Gasteiger partial charge in [-0.15, -0.1) is 0 Å². The van der Waals surface area contributed by atoms with Gasteiger partial charge in [-0.3, -0.25) is 0 Å². The molecule has 0 aliphatic heterocycles. The van der Waals surface area contributed by atoms with Crippen molar-refractivity contribution in [3.8, 4) is 0 Å². The smallest absolute Gasteiger partial charge is 0.396 e. The van der Waals surface area contributed by atoms with Gasteiger partial charge in [0.15, 0.2) is 0 Å². The maximum absolute atomic E-state index is 13.6. The molecule has 0 bridgehead atoms. The summed E-state index contributed by atoms with van der Waals surface area (Å²) >= 11 is 0. The molecule has 1 nitrogen and oxygen atoms in total. The number of hydrogen-bond acceptors (Lipinski definition) is 1. The van der Waals surface area contributed by atoms with Crippen LogP contribution in [0.3, 0.4) is 0 Å². The van der Waals surface area contributed by atoms with E-state index in [1.54, 1.807) is 0 Å². The number of halogens is 25. The van der Waals surface area contributed by atoms with E-state index in [0.717, 1.165) is 0 Å². The van der Waals surface area contributed by atoms with Gasteiger partial charge < -0.3 is 5.11 Å². The molecule has 40 heavy (non-hydrogen) atoms. The van der Waals surface area contributed by atoms with Crippen LogP contribution in [-0.4, -0.2) is 83.0 Å². The standard InChI is InChI=1S/C14H5F25O/c15-3(16,1-2-40)5(18,19)7(22,23)9(26,27)11(30,31)12(32,33)10(28,29)8(24,25)6(20,21)4(17,13(34,35)36)14(37,38)39/h40H,1-2H2. The highest BCUT2D eigenvalue weighted by Crippen LogP contribution is 2.68. The average Bonchev–Trinajstić information content (AvgIpc) is 2.69. The molecule has 0 radical (unpaired) electrons. The minimum Gasteiger partial charge on any atom is -0.396 e. The van der Waals surface area contributed by atoms with Crippen LogP contribution in [0, 0.1) is 0 Å². The van der Waals surface area contributed by atoms with Crippen LogP contribution in [-0.2, 0) is 0 Å². The number of rotatable bonds is 11. The average molecular weight is 664 g/mol. The quantitative estimate of drug-likeness (QED) is 0.223. The minimum absolute atomic E-state index is 2.43. The maximum atomic E-state index is 13.6. The van der Waals surface area contributed by atoms with Gasteiger partial charge in [-0.2, -0.15) is 105 Å². The van der Waals surface area contributed by atoms with Gasteiger partial charge in [0.05, 0.1) is 0 Å². The fourth-order valence-electron chi connectivity index (χ4n) is 2.44. The van der Waals surface area contributed by atoms with Crippen molar-refractivity contribution in [3.63, 3.8) is 0 Å². The molecular formula is C14H5F25O. The molecule has 242 valence electrons. The van der Waals surface area contributed by atoms with Crippen molar-refractivity contribution >= 4 is 0 Å². The molecule has 0 aromatic heterocycles. The second-order valence-electron chi connectivity index (χ2n) is 7.43. The molecule has 0 unspecified atom stereocenters. The van der Waals surface area contributed by atoms with Crippen molar-refractivity contribution < 1.29 is 115 Å². The first-order valence-electron chi connectivity index (χ1n) is 8.64. The van der Waals surface area contributed by atoms with Crippen LogP contribution in [0.25, 0.3) is 0 Å². The molecule has 1 N–H and O–H groups in total. The number of aliphatic hydroxyl groups is 1. The van der Waals surface area contributed by atoms with Crippen LogP contribution in [0.4, 0.5) is 110 Å². The van der Waals surface area contributed by atoms with Gasteiger partial charge in [0, 0.05) is 13.0 Å². The number of hydrogen-bond donors (Lipinski definition) is 1. The molecule has 0 fully saturated rings. The van der Waals surface area contributed by atoms with Crippen molar-refractivity contribution in [2.45, 2.75) is 77.7 Å². The Morgan fingerprint density at radius 3 is 0.700 bits per heavy atom. The molecule has 0 spiro atoms. The lowest BCUT2D eigenvalue weighted by atomic mass is 9.82. The Balaban J connectivity index is 7.44. The third kappa shape index (κ3) is 4.38. The Kier molecular flexibility index (Phi) is 8.94. The summed E-state index contributed by atoms with van der Waals surface area (Å²) < 4.78 is 329.